The van der Waals surface area contributed by atoms with E-state index in [1.807, 2.05) is 0 Å². The molecule has 0 aliphatic carbocycles. The van der Waals surface area contributed by atoms with Gasteiger partial charge in [-0.05, 0) is 19.3 Å². The average molecular weight is 270 g/mol. The van der Waals surface area contributed by atoms with E-state index in [9.17, 15) is 5.11 Å². The predicted molar refractivity (Wildman–Crippen MR) is 81.4 cm³/mol. The fraction of sp³-hybridized carbons (Fsp3) is 1.00. The lowest BCUT2D eigenvalue weighted by Crippen LogP contribution is -2.28. The first kappa shape index (κ1) is 17.0. The smallest absolute Gasteiger partial charge is 0.0590 e. The number of ether oxygens (including phenoxy) is 1. The molecule has 0 aromatic rings. The molecule has 1 aliphatic heterocycles. The molecule has 2 unspecified atom stereocenters. The zero-order valence-electron chi connectivity index (χ0n) is 12.9. The topological polar surface area (TPSA) is 29.5 Å². The summed E-state index contributed by atoms with van der Waals surface area (Å²) in [6.45, 7) is 3.93. The molecule has 2 heteroatoms. The largest absolute Gasteiger partial charge is 0.393 e. The first-order valence-corrected chi connectivity index (χ1v) is 8.60. The van der Waals surface area contributed by atoms with Crippen molar-refractivity contribution in [3.63, 3.8) is 0 Å². The first-order chi connectivity index (χ1) is 9.34. The van der Waals surface area contributed by atoms with Crippen molar-refractivity contribution in [3.8, 4) is 0 Å². The van der Waals surface area contributed by atoms with Crippen LogP contribution in [0.3, 0.4) is 0 Å². The molecule has 1 aliphatic rings. The van der Waals surface area contributed by atoms with Gasteiger partial charge in [0.05, 0.1) is 12.7 Å². The number of unbranched alkanes of at least 4 members (excludes halogenated alkanes) is 8. The number of hydrogen-bond acceptors (Lipinski definition) is 2. The van der Waals surface area contributed by atoms with Gasteiger partial charge in [0.1, 0.15) is 0 Å². The summed E-state index contributed by atoms with van der Waals surface area (Å²) < 4.78 is 5.43. The van der Waals surface area contributed by atoms with Gasteiger partial charge in [-0.1, -0.05) is 64.7 Å². The van der Waals surface area contributed by atoms with Gasteiger partial charge in [-0.2, -0.15) is 0 Å². The van der Waals surface area contributed by atoms with Crippen LogP contribution >= 0.6 is 0 Å². The van der Waals surface area contributed by atoms with Crippen molar-refractivity contribution in [2.24, 2.45) is 5.92 Å². The summed E-state index contributed by atoms with van der Waals surface area (Å²) in [5.74, 6) is 0.405. The molecule has 0 amide bonds. The van der Waals surface area contributed by atoms with Crippen molar-refractivity contribution >= 4 is 0 Å². The molecule has 0 bridgehead atoms. The van der Waals surface area contributed by atoms with Crippen LogP contribution in [0.2, 0.25) is 0 Å². The van der Waals surface area contributed by atoms with Gasteiger partial charge in [0.15, 0.2) is 0 Å². The fourth-order valence-electron chi connectivity index (χ4n) is 2.97. The summed E-state index contributed by atoms with van der Waals surface area (Å²) in [5, 5.41) is 10.1. The maximum Gasteiger partial charge on any atom is 0.0590 e. The van der Waals surface area contributed by atoms with Crippen molar-refractivity contribution < 1.29 is 9.84 Å². The van der Waals surface area contributed by atoms with Gasteiger partial charge in [-0.15, -0.1) is 0 Å². The average Bonchev–Trinajstić information content (AvgIpc) is 2.46. The monoisotopic (exact) mass is 270 g/mol. The van der Waals surface area contributed by atoms with Gasteiger partial charge in [0, 0.05) is 12.5 Å². The Hall–Kier alpha value is -0.0800. The van der Waals surface area contributed by atoms with E-state index >= 15 is 0 Å². The summed E-state index contributed by atoms with van der Waals surface area (Å²) in [5.41, 5.74) is 0. The van der Waals surface area contributed by atoms with E-state index in [4.69, 9.17) is 4.74 Å². The Morgan fingerprint density at radius 2 is 1.63 bits per heavy atom. The van der Waals surface area contributed by atoms with Crippen LogP contribution in [0.25, 0.3) is 0 Å². The van der Waals surface area contributed by atoms with Crippen LogP contribution in [-0.4, -0.2) is 24.4 Å². The number of aliphatic hydroxyl groups is 1. The van der Waals surface area contributed by atoms with Crippen LogP contribution in [0, 0.1) is 5.92 Å². The SMILES string of the molecule is CCCCCCCCCCCC(O)C1CCCOC1. The first-order valence-electron chi connectivity index (χ1n) is 8.60. The van der Waals surface area contributed by atoms with E-state index in [-0.39, 0.29) is 6.10 Å². The van der Waals surface area contributed by atoms with Gasteiger partial charge < -0.3 is 9.84 Å². The molecule has 0 aromatic heterocycles. The highest BCUT2D eigenvalue weighted by Crippen LogP contribution is 2.21. The zero-order chi connectivity index (χ0) is 13.8. The molecule has 2 nitrogen and oxygen atoms in total. The second-order valence-corrected chi connectivity index (χ2v) is 6.16. The second-order valence-electron chi connectivity index (χ2n) is 6.16. The Morgan fingerprint density at radius 3 is 2.21 bits per heavy atom. The van der Waals surface area contributed by atoms with Crippen LogP contribution in [0.1, 0.15) is 84.0 Å². The van der Waals surface area contributed by atoms with Gasteiger partial charge >= 0.3 is 0 Å². The molecule has 1 N–H and O–H groups in total. The van der Waals surface area contributed by atoms with Crippen LogP contribution in [0.15, 0.2) is 0 Å². The third kappa shape index (κ3) is 8.65. The van der Waals surface area contributed by atoms with E-state index in [1.165, 1.54) is 57.8 Å². The molecule has 0 spiro atoms. The number of rotatable bonds is 11. The van der Waals surface area contributed by atoms with E-state index in [0.717, 1.165) is 32.5 Å². The standard InChI is InChI=1S/C17H34O2/c1-2-3-4-5-6-7-8-9-10-13-17(18)16-12-11-14-19-15-16/h16-18H,2-15H2,1H3. The molecule has 1 heterocycles. The Morgan fingerprint density at radius 1 is 1.00 bits per heavy atom. The Labute approximate surface area is 119 Å². The van der Waals surface area contributed by atoms with Crippen molar-refractivity contribution in [2.45, 2.75) is 90.1 Å². The normalized spacial score (nSPS) is 21.5. The highest BCUT2D eigenvalue weighted by atomic mass is 16.5. The molecular formula is C17H34O2. The number of aliphatic hydroxyl groups excluding tert-OH is 1. The molecule has 0 aromatic carbocycles. The number of hydrogen-bond donors (Lipinski definition) is 1. The maximum atomic E-state index is 10.1. The highest BCUT2D eigenvalue weighted by molar-refractivity contribution is 4.71. The molecular weight excluding hydrogens is 236 g/mol. The van der Waals surface area contributed by atoms with Gasteiger partial charge in [-0.3, -0.25) is 0 Å². The molecule has 1 saturated heterocycles. The van der Waals surface area contributed by atoms with Crippen molar-refractivity contribution in [3.05, 3.63) is 0 Å². The molecule has 0 saturated carbocycles. The molecule has 114 valence electrons. The lowest BCUT2D eigenvalue weighted by Gasteiger charge is -2.26. The molecule has 1 fully saturated rings. The molecule has 19 heavy (non-hydrogen) atoms. The third-order valence-electron chi connectivity index (χ3n) is 4.34. The van der Waals surface area contributed by atoms with E-state index in [0.29, 0.717) is 5.92 Å². The van der Waals surface area contributed by atoms with Crippen LogP contribution < -0.4 is 0 Å². The van der Waals surface area contributed by atoms with Crippen molar-refractivity contribution in [1.29, 1.82) is 0 Å². The summed E-state index contributed by atoms with van der Waals surface area (Å²) >= 11 is 0. The third-order valence-corrected chi connectivity index (χ3v) is 4.34. The zero-order valence-corrected chi connectivity index (χ0v) is 12.9. The lowest BCUT2D eigenvalue weighted by molar-refractivity contribution is -0.0126. The maximum absolute atomic E-state index is 10.1. The lowest BCUT2D eigenvalue weighted by atomic mass is 9.92. The van der Waals surface area contributed by atoms with Gasteiger partial charge in [0.2, 0.25) is 0 Å². The van der Waals surface area contributed by atoms with Crippen molar-refractivity contribution in [1.82, 2.24) is 0 Å². The Balaban J connectivity index is 1.84. The fourth-order valence-corrected chi connectivity index (χ4v) is 2.97. The van der Waals surface area contributed by atoms with E-state index < -0.39 is 0 Å². The van der Waals surface area contributed by atoms with Crippen LogP contribution in [-0.2, 0) is 4.74 Å². The van der Waals surface area contributed by atoms with Crippen LogP contribution in [0.5, 0.6) is 0 Å². The van der Waals surface area contributed by atoms with Gasteiger partial charge in [0.25, 0.3) is 0 Å². The Bertz CT molecular complexity index is 188. The summed E-state index contributed by atoms with van der Waals surface area (Å²) in [6, 6.07) is 0. The highest BCUT2D eigenvalue weighted by Gasteiger charge is 2.21. The second kappa shape index (κ2) is 11.7. The van der Waals surface area contributed by atoms with E-state index in [1.54, 1.807) is 0 Å². The minimum absolute atomic E-state index is 0.121. The predicted octanol–water partition coefficient (Wildman–Crippen LogP) is 4.69. The molecule has 1 rings (SSSR count). The summed E-state index contributed by atoms with van der Waals surface area (Å²) in [6.07, 6.45) is 15.3. The summed E-state index contributed by atoms with van der Waals surface area (Å²) in [7, 11) is 0. The molecule has 2 atom stereocenters. The molecule has 0 radical (unpaired) electrons. The summed E-state index contributed by atoms with van der Waals surface area (Å²) in [4.78, 5) is 0. The minimum atomic E-state index is -0.121. The minimum Gasteiger partial charge on any atom is -0.393 e. The van der Waals surface area contributed by atoms with Gasteiger partial charge in [-0.25, -0.2) is 0 Å². The van der Waals surface area contributed by atoms with Crippen LogP contribution in [0.4, 0.5) is 0 Å². The van der Waals surface area contributed by atoms with E-state index in [2.05, 4.69) is 6.92 Å². The quantitative estimate of drug-likeness (QED) is 0.552. The Kier molecular flexibility index (Phi) is 10.5. The van der Waals surface area contributed by atoms with Crippen molar-refractivity contribution in [2.75, 3.05) is 13.2 Å².